The Bertz CT molecular complexity index is 797. The van der Waals surface area contributed by atoms with Gasteiger partial charge in [-0.05, 0) is 51.5 Å². The molecule has 4 rings (SSSR count). The summed E-state index contributed by atoms with van der Waals surface area (Å²) in [5.74, 6) is 0.0771. The number of morpholine rings is 1. The Morgan fingerprint density at radius 3 is 2.76 bits per heavy atom. The second-order valence-corrected chi connectivity index (χ2v) is 9.54. The zero-order valence-electron chi connectivity index (χ0n) is 20.1. The van der Waals surface area contributed by atoms with E-state index in [1.54, 1.807) is 0 Å². The molecular weight excluding hydrogens is 422 g/mol. The van der Waals surface area contributed by atoms with Gasteiger partial charge in [0.05, 0.1) is 31.5 Å². The van der Waals surface area contributed by atoms with Gasteiger partial charge in [-0.25, -0.2) is 4.79 Å². The van der Waals surface area contributed by atoms with Crippen LogP contribution >= 0.6 is 0 Å². The molecule has 2 aliphatic carbocycles. The quantitative estimate of drug-likeness (QED) is 0.549. The summed E-state index contributed by atoms with van der Waals surface area (Å²) in [6.45, 7) is 4.60. The maximum atomic E-state index is 13.4. The Morgan fingerprint density at radius 1 is 1.30 bits per heavy atom. The number of nitrogens with one attached hydrogen (secondary N) is 2. The number of nitrogens with zero attached hydrogens (tertiary/aromatic N) is 3. The first-order chi connectivity index (χ1) is 16.1. The molecule has 3 aliphatic rings. The molecule has 0 aromatic carbocycles. The lowest BCUT2D eigenvalue weighted by molar-refractivity contribution is -0.148. The summed E-state index contributed by atoms with van der Waals surface area (Å²) in [5, 5.41) is 11.1. The molecule has 1 aromatic heterocycles. The molecule has 33 heavy (non-hydrogen) atoms. The van der Waals surface area contributed by atoms with Gasteiger partial charge in [0, 0.05) is 31.4 Å². The van der Waals surface area contributed by atoms with Crippen LogP contribution in [0.5, 0.6) is 0 Å². The molecular formula is C24H39N5O4. The molecule has 2 atom stereocenters. The number of carbonyl (C=O) groups excluding carboxylic acids is 2. The van der Waals surface area contributed by atoms with Crippen molar-refractivity contribution in [2.75, 3.05) is 33.4 Å². The fourth-order valence-electron chi connectivity index (χ4n) is 5.09. The molecule has 1 saturated heterocycles. The lowest BCUT2D eigenvalue weighted by Crippen LogP contribution is -2.50. The molecule has 3 fully saturated rings. The zero-order chi connectivity index (χ0) is 23.2. The van der Waals surface area contributed by atoms with Crippen LogP contribution in [0.15, 0.2) is 6.07 Å². The first-order valence-corrected chi connectivity index (χ1v) is 12.6. The predicted molar refractivity (Wildman–Crippen MR) is 124 cm³/mol. The number of rotatable bonds is 9. The van der Waals surface area contributed by atoms with Crippen molar-refractivity contribution in [3.8, 4) is 0 Å². The van der Waals surface area contributed by atoms with Crippen LogP contribution in [0.25, 0.3) is 0 Å². The van der Waals surface area contributed by atoms with Gasteiger partial charge in [-0.2, -0.15) is 5.10 Å². The van der Waals surface area contributed by atoms with Crippen LogP contribution in [0.4, 0.5) is 4.79 Å². The summed E-state index contributed by atoms with van der Waals surface area (Å²) in [5.41, 5.74) is 2.15. The lowest BCUT2D eigenvalue weighted by atomic mass is 9.95. The van der Waals surface area contributed by atoms with Crippen LogP contribution < -0.4 is 10.6 Å². The highest BCUT2D eigenvalue weighted by Gasteiger charge is 2.40. The third kappa shape index (κ3) is 6.06. The van der Waals surface area contributed by atoms with Crippen molar-refractivity contribution in [3.05, 3.63) is 17.5 Å². The van der Waals surface area contributed by atoms with Crippen molar-refractivity contribution in [1.82, 2.24) is 25.3 Å². The lowest BCUT2D eigenvalue weighted by Gasteiger charge is -2.33. The van der Waals surface area contributed by atoms with Crippen molar-refractivity contribution in [3.63, 3.8) is 0 Å². The van der Waals surface area contributed by atoms with Gasteiger partial charge in [-0.15, -0.1) is 0 Å². The molecule has 2 heterocycles. The highest BCUT2D eigenvalue weighted by Crippen LogP contribution is 2.36. The van der Waals surface area contributed by atoms with E-state index in [-0.39, 0.29) is 18.0 Å². The molecule has 2 saturated carbocycles. The zero-order valence-corrected chi connectivity index (χ0v) is 20.1. The van der Waals surface area contributed by atoms with E-state index >= 15 is 0 Å². The summed E-state index contributed by atoms with van der Waals surface area (Å²) in [7, 11) is 1.38. The van der Waals surface area contributed by atoms with Gasteiger partial charge in [0.15, 0.2) is 0 Å². The number of aromatic nitrogens is 2. The summed E-state index contributed by atoms with van der Waals surface area (Å²) in [6, 6.07) is 2.79. The van der Waals surface area contributed by atoms with Crippen LogP contribution in [0, 0.1) is 0 Å². The van der Waals surface area contributed by atoms with Gasteiger partial charge in [0.1, 0.15) is 6.10 Å². The van der Waals surface area contributed by atoms with E-state index in [4.69, 9.17) is 9.84 Å². The topological polar surface area (TPSA) is 97.7 Å². The maximum Gasteiger partial charge on any atom is 0.406 e. The van der Waals surface area contributed by atoms with Gasteiger partial charge in [0.25, 0.3) is 5.91 Å². The molecule has 184 valence electrons. The molecule has 0 bridgehead atoms. The van der Waals surface area contributed by atoms with Crippen molar-refractivity contribution >= 4 is 12.0 Å². The van der Waals surface area contributed by atoms with Crippen molar-refractivity contribution in [2.24, 2.45) is 0 Å². The number of hydrogen-bond acceptors (Lipinski definition) is 6. The number of ether oxygens (including phenoxy) is 2. The maximum absolute atomic E-state index is 13.4. The average molecular weight is 462 g/mol. The number of hydrogen-bond donors (Lipinski definition) is 2. The van der Waals surface area contributed by atoms with Gasteiger partial charge in [-0.1, -0.05) is 19.3 Å². The van der Waals surface area contributed by atoms with E-state index in [9.17, 15) is 9.59 Å². The van der Waals surface area contributed by atoms with E-state index in [1.165, 1.54) is 32.1 Å². The van der Waals surface area contributed by atoms with Gasteiger partial charge in [0.2, 0.25) is 0 Å². The highest BCUT2D eigenvalue weighted by molar-refractivity contribution is 5.82. The van der Waals surface area contributed by atoms with Crippen molar-refractivity contribution in [1.29, 1.82) is 0 Å². The van der Waals surface area contributed by atoms with E-state index < -0.39 is 12.2 Å². The van der Waals surface area contributed by atoms with Crippen molar-refractivity contribution in [2.45, 2.75) is 88.9 Å². The standard InChI is InChI=1S/C24H39N5O4/c1-17(28(18-10-11-18)23(30)22-16-25-13-14-33-22)21-15-20(9-6-12-26-24(31)32-2)29(27-21)19-7-4-3-5-8-19/h15,17-19,22,25H,3-14,16H2,1-2H3,(H,26,31)/t17-,22-/m1/s1. The molecule has 2 N–H and O–H groups in total. The van der Waals surface area contributed by atoms with Crippen LogP contribution in [-0.2, 0) is 20.7 Å². The number of carbonyl (C=O) groups is 2. The highest BCUT2D eigenvalue weighted by atomic mass is 16.5. The molecule has 2 amide bonds. The minimum atomic E-state index is -0.411. The minimum absolute atomic E-state index is 0.0771. The predicted octanol–water partition coefficient (Wildman–Crippen LogP) is 2.72. The third-order valence-corrected chi connectivity index (χ3v) is 7.06. The Balaban J connectivity index is 1.50. The molecule has 0 radical (unpaired) electrons. The Morgan fingerprint density at radius 2 is 2.09 bits per heavy atom. The van der Waals surface area contributed by atoms with E-state index in [0.717, 1.165) is 50.8 Å². The number of methoxy groups -OCH3 is 1. The van der Waals surface area contributed by atoms with E-state index in [1.807, 2.05) is 4.90 Å². The summed E-state index contributed by atoms with van der Waals surface area (Å²) in [4.78, 5) is 26.8. The monoisotopic (exact) mass is 461 g/mol. The van der Waals surface area contributed by atoms with Crippen LogP contribution in [0.1, 0.15) is 81.8 Å². The first-order valence-electron chi connectivity index (χ1n) is 12.6. The van der Waals surface area contributed by atoms with E-state index in [2.05, 4.69) is 33.0 Å². The Kier molecular flexibility index (Phi) is 8.25. The van der Waals surface area contributed by atoms with Crippen LogP contribution in [-0.4, -0.2) is 72.2 Å². The van der Waals surface area contributed by atoms with Gasteiger partial charge < -0.3 is 25.0 Å². The first kappa shape index (κ1) is 24.0. The fraction of sp³-hybridized carbons (Fsp3) is 0.792. The number of aryl methyl sites for hydroxylation is 1. The summed E-state index contributed by atoms with van der Waals surface area (Å²) >= 11 is 0. The molecule has 0 unspecified atom stereocenters. The van der Waals surface area contributed by atoms with Crippen LogP contribution in [0.3, 0.4) is 0 Å². The number of alkyl carbamates (subject to hydrolysis) is 1. The smallest absolute Gasteiger partial charge is 0.406 e. The number of amides is 2. The second kappa shape index (κ2) is 11.3. The van der Waals surface area contributed by atoms with Gasteiger partial charge in [-0.3, -0.25) is 9.48 Å². The fourth-order valence-corrected chi connectivity index (χ4v) is 5.09. The second-order valence-electron chi connectivity index (χ2n) is 9.54. The minimum Gasteiger partial charge on any atom is -0.453 e. The summed E-state index contributed by atoms with van der Waals surface area (Å²) < 4.78 is 12.7. The Hall–Kier alpha value is -2.13. The van der Waals surface area contributed by atoms with Gasteiger partial charge >= 0.3 is 6.09 Å². The molecule has 0 spiro atoms. The average Bonchev–Trinajstić information content (AvgIpc) is 3.60. The normalized spacial score (nSPS) is 22.5. The third-order valence-electron chi connectivity index (χ3n) is 7.06. The van der Waals surface area contributed by atoms with E-state index in [0.29, 0.717) is 25.7 Å². The molecule has 9 nitrogen and oxygen atoms in total. The Labute approximate surface area is 196 Å². The largest absolute Gasteiger partial charge is 0.453 e. The SMILES string of the molecule is COC(=O)NCCCc1cc([C@@H](C)N(C(=O)[C@H]2CNCCO2)C2CC2)nn1C1CCCCC1. The van der Waals surface area contributed by atoms with Crippen molar-refractivity contribution < 1.29 is 19.1 Å². The molecule has 1 aromatic rings. The molecule has 1 aliphatic heterocycles. The summed E-state index contributed by atoms with van der Waals surface area (Å²) in [6.07, 6.45) is 8.98. The molecule has 9 heteroatoms. The van der Waals surface area contributed by atoms with Crippen LogP contribution in [0.2, 0.25) is 0 Å².